The predicted molar refractivity (Wildman–Crippen MR) is 98.1 cm³/mol. The van der Waals surface area contributed by atoms with Crippen LogP contribution in [0.3, 0.4) is 0 Å². The minimum absolute atomic E-state index is 0.0111. The molecule has 2 aliphatic rings. The van der Waals surface area contributed by atoms with E-state index in [-0.39, 0.29) is 6.03 Å². The van der Waals surface area contributed by atoms with Crippen molar-refractivity contribution in [3.8, 4) is 0 Å². The lowest BCUT2D eigenvalue weighted by atomic mass is 10.0. The van der Waals surface area contributed by atoms with Gasteiger partial charge >= 0.3 is 6.03 Å². The minimum atomic E-state index is 0.0111. The Hall–Kier alpha value is -1.55. The number of likely N-dealkylation sites (tertiary alicyclic amines) is 1. The first kappa shape index (κ1) is 17.3. The summed E-state index contributed by atoms with van der Waals surface area (Å²) in [6.07, 6.45) is 9.65. The summed E-state index contributed by atoms with van der Waals surface area (Å²) in [6, 6.07) is 11.4. The Morgan fingerprint density at radius 2 is 1.75 bits per heavy atom. The average molecular weight is 329 g/mol. The van der Waals surface area contributed by atoms with Gasteiger partial charge in [0, 0.05) is 18.6 Å². The molecule has 2 fully saturated rings. The Morgan fingerprint density at radius 1 is 1.04 bits per heavy atom. The van der Waals surface area contributed by atoms with Crippen LogP contribution in [0.15, 0.2) is 30.3 Å². The number of hydrogen-bond acceptors (Lipinski definition) is 2. The maximum absolute atomic E-state index is 12.2. The smallest absolute Gasteiger partial charge is 0.315 e. The number of hydrogen-bond donors (Lipinski definition) is 2. The second kappa shape index (κ2) is 9.07. The summed E-state index contributed by atoms with van der Waals surface area (Å²) in [4.78, 5) is 14.8. The number of urea groups is 1. The van der Waals surface area contributed by atoms with Crippen molar-refractivity contribution in [3.63, 3.8) is 0 Å². The second-order valence-corrected chi connectivity index (χ2v) is 7.28. The number of piperidine rings is 1. The van der Waals surface area contributed by atoms with Crippen molar-refractivity contribution in [1.82, 2.24) is 15.5 Å². The van der Waals surface area contributed by atoms with Gasteiger partial charge in [0.25, 0.3) is 0 Å². The first-order chi connectivity index (χ1) is 11.8. The van der Waals surface area contributed by atoms with E-state index in [2.05, 4.69) is 45.9 Å². The topological polar surface area (TPSA) is 44.4 Å². The standard InChI is InChI=1S/C20H31N3O/c24-20(22-18-11-5-6-12-18)21-16-19(23-13-7-2-8-14-23)15-17-9-3-1-4-10-17/h1,3-4,9-10,18-19H,2,5-8,11-16H2,(H2,21,22,24). The zero-order valence-electron chi connectivity index (χ0n) is 14.7. The third-order valence-corrected chi connectivity index (χ3v) is 5.41. The molecular weight excluding hydrogens is 298 g/mol. The van der Waals surface area contributed by atoms with Crippen LogP contribution in [0.2, 0.25) is 0 Å². The number of rotatable bonds is 6. The van der Waals surface area contributed by atoms with Crippen LogP contribution in [0.1, 0.15) is 50.5 Å². The fourth-order valence-corrected chi connectivity index (χ4v) is 4.02. The van der Waals surface area contributed by atoms with Crippen LogP contribution >= 0.6 is 0 Å². The highest BCUT2D eigenvalue weighted by molar-refractivity contribution is 5.74. The summed E-state index contributed by atoms with van der Waals surface area (Å²) < 4.78 is 0. The van der Waals surface area contributed by atoms with Gasteiger partial charge in [-0.15, -0.1) is 0 Å². The zero-order valence-corrected chi connectivity index (χ0v) is 14.7. The molecule has 0 radical (unpaired) electrons. The summed E-state index contributed by atoms with van der Waals surface area (Å²) in [5.41, 5.74) is 1.35. The number of carbonyl (C=O) groups is 1. The quantitative estimate of drug-likeness (QED) is 0.841. The number of amides is 2. The molecule has 4 heteroatoms. The number of nitrogens with one attached hydrogen (secondary N) is 2. The Kier molecular flexibility index (Phi) is 6.53. The van der Waals surface area contributed by atoms with Crippen molar-refractivity contribution < 1.29 is 4.79 Å². The molecule has 1 aromatic rings. The lowest BCUT2D eigenvalue weighted by molar-refractivity contribution is 0.158. The highest BCUT2D eigenvalue weighted by Crippen LogP contribution is 2.18. The normalized spacial score (nSPS) is 20.7. The molecule has 132 valence electrons. The van der Waals surface area contributed by atoms with Crippen LogP contribution in [0.5, 0.6) is 0 Å². The molecule has 1 aromatic carbocycles. The molecule has 4 nitrogen and oxygen atoms in total. The highest BCUT2D eigenvalue weighted by atomic mass is 16.2. The van der Waals surface area contributed by atoms with E-state index < -0.39 is 0 Å². The fourth-order valence-electron chi connectivity index (χ4n) is 4.02. The van der Waals surface area contributed by atoms with Gasteiger partial charge in [-0.05, 0) is 50.8 Å². The van der Waals surface area contributed by atoms with Gasteiger partial charge in [0.15, 0.2) is 0 Å². The van der Waals surface area contributed by atoms with E-state index in [1.807, 2.05) is 0 Å². The van der Waals surface area contributed by atoms with Gasteiger partial charge in [-0.3, -0.25) is 4.90 Å². The summed E-state index contributed by atoms with van der Waals surface area (Å²) in [6.45, 7) is 3.04. The molecule has 1 atom stereocenters. The molecule has 24 heavy (non-hydrogen) atoms. The first-order valence-electron chi connectivity index (χ1n) is 9.63. The second-order valence-electron chi connectivity index (χ2n) is 7.28. The van der Waals surface area contributed by atoms with Gasteiger partial charge in [0.1, 0.15) is 0 Å². The Labute approximate surface area is 146 Å². The third-order valence-electron chi connectivity index (χ3n) is 5.41. The molecule has 1 aliphatic heterocycles. The molecule has 3 rings (SSSR count). The highest BCUT2D eigenvalue weighted by Gasteiger charge is 2.22. The predicted octanol–water partition coefficient (Wildman–Crippen LogP) is 3.33. The van der Waals surface area contributed by atoms with Gasteiger partial charge in [-0.1, -0.05) is 49.6 Å². The van der Waals surface area contributed by atoms with Crippen molar-refractivity contribution >= 4 is 6.03 Å². The van der Waals surface area contributed by atoms with Crippen LogP contribution in [0, 0.1) is 0 Å². The van der Waals surface area contributed by atoms with Crippen LogP contribution in [0.25, 0.3) is 0 Å². The van der Waals surface area contributed by atoms with E-state index in [0.717, 1.165) is 38.9 Å². The molecule has 2 N–H and O–H groups in total. The molecule has 1 heterocycles. The summed E-state index contributed by atoms with van der Waals surface area (Å²) in [7, 11) is 0. The number of nitrogens with zero attached hydrogens (tertiary/aromatic N) is 1. The van der Waals surface area contributed by atoms with Crippen molar-refractivity contribution in [2.45, 2.75) is 63.5 Å². The fraction of sp³-hybridized carbons (Fsp3) is 0.650. The van der Waals surface area contributed by atoms with Crippen molar-refractivity contribution in [3.05, 3.63) is 35.9 Å². The van der Waals surface area contributed by atoms with Gasteiger partial charge in [-0.2, -0.15) is 0 Å². The zero-order chi connectivity index (χ0) is 16.6. The maximum atomic E-state index is 12.2. The van der Waals surface area contributed by atoms with Crippen molar-refractivity contribution in [2.24, 2.45) is 0 Å². The lowest BCUT2D eigenvalue weighted by Crippen LogP contribution is -2.50. The number of benzene rings is 1. The first-order valence-corrected chi connectivity index (χ1v) is 9.63. The van der Waals surface area contributed by atoms with Gasteiger partial charge in [0.05, 0.1) is 0 Å². The summed E-state index contributed by atoms with van der Waals surface area (Å²) in [5, 5.41) is 6.27. The van der Waals surface area contributed by atoms with Crippen molar-refractivity contribution in [2.75, 3.05) is 19.6 Å². The van der Waals surface area contributed by atoms with Crippen molar-refractivity contribution in [1.29, 1.82) is 0 Å². The van der Waals surface area contributed by atoms with Crippen LogP contribution < -0.4 is 10.6 Å². The molecule has 0 bridgehead atoms. The van der Waals surface area contributed by atoms with Crippen LogP contribution in [0.4, 0.5) is 4.79 Å². The van der Waals surface area contributed by atoms with Gasteiger partial charge in [-0.25, -0.2) is 4.79 Å². The van der Waals surface area contributed by atoms with Crippen LogP contribution in [-0.2, 0) is 6.42 Å². The van der Waals surface area contributed by atoms with E-state index in [0.29, 0.717) is 12.1 Å². The molecule has 1 unspecified atom stereocenters. The number of carbonyl (C=O) groups excluding carboxylic acids is 1. The largest absolute Gasteiger partial charge is 0.337 e. The summed E-state index contributed by atoms with van der Waals surface area (Å²) in [5.74, 6) is 0. The molecule has 1 aliphatic carbocycles. The molecule has 1 saturated heterocycles. The van der Waals surface area contributed by atoms with Crippen LogP contribution in [-0.4, -0.2) is 42.6 Å². The van der Waals surface area contributed by atoms with E-state index in [4.69, 9.17) is 0 Å². The monoisotopic (exact) mass is 329 g/mol. The van der Waals surface area contributed by atoms with E-state index in [9.17, 15) is 4.79 Å². The average Bonchev–Trinajstić information content (AvgIpc) is 3.13. The van der Waals surface area contributed by atoms with E-state index in [1.165, 1.54) is 37.7 Å². The molecule has 0 spiro atoms. The summed E-state index contributed by atoms with van der Waals surface area (Å²) >= 11 is 0. The molecule has 2 amide bonds. The molecule has 0 aromatic heterocycles. The SMILES string of the molecule is O=C(NCC(Cc1ccccc1)N1CCCCC1)NC1CCCC1. The molecular formula is C20H31N3O. The van der Waals surface area contributed by atoms with E-state index in [1.54, 1.807) is 0 Å². The Bertz CT molecular complexity index is 493. The van der Waals surface area contributed by atoms with Gasteiger partial charge < -0.3 is 10.6 Å². The minimum Gasteiger partial charge on any atom is -0.337 e. The Balaban J connectivity index is 1.53. The molecule has 1 saturated carbocycles. The maximum Gasteiger partial charge on any atom is 0.315 e. The van der Waals surface area contributed by atoms with E-state index >= 15 is 0 Å². The lowest BCUT2D eigenvalue weighted by Gasteiger charge is -2.35. The van der Waals surface area contributed by atoms with Gasteiger partial charge in [0.2, 0.25) is 0 Å². The third kappa shape index (κ3) is 5.23. The Morgan fingerprint density at radius 3 is 2.46 bits per heavy atom.